The van der Waals surface area contributed by atoms with Gasteiger partial charge in [-0.1, -0.05) is 37.1 Å². The Bertz CT molecular complexity index is 1230. The summed E-state index contributed by atoms with van der Waals surface area (Å²) in [4.78, 5) is 8.81. The van der Waals surface area contributed by atoms with Crippen LogP contribution in [0.3, 0.4) is 0 Å². The summed E-state index contributed by atoms with van der Waals surface area (Å²) in [6, 6.07) is 14.4. The Morgan fingerprint density at radius 3 is 2.72 bits per heavy atom. The number of aryl methyl sites for hydroxylation is 1. The smallest absolute Gasteiger partial charge is 0.158 e. The Balaban J connectivity index is 1.57. The number of ether oxygens (including phenoxy) is 1. The topological polar surface area (TPSA) is 52.0 Å². The van der Waals surface area contributed by atoms with Gasteiger partial charge in [-0.2, -0.15) is 0 Å². The van der Waals surface area contributed by atoms with Crippen molar-refractivity contribution in [3.8, 4) is 11.5 Å². The average Bonchev–Trinajstić information content (AvgIpc) is 3.18. The number of rotatable bonds is 8. The highest BCUT2D eigenvalue weighted by molar-refractivity contribution is 6.32. The fraction of sp³-hybridized carbons (Fsp3) is 0.280. The number of hydrogen-bond donors (Lipinski definition) is 1. The lowest BCUT2D eigenvalue weighted by atomic mass is 10.0. The van der Waals surface area contributed by atoms with Crippen molar-refractivity contribution in [2.75, 3.05) is 5.32 Å². The molecule has 4 aromatic rings. The van der Waals surface area contributed by atoms with Gasteiger partial charge in [-0.25, -0.2) is 14.4 Å². The van der Waals surface area contributed by atoms with E-state index in [1.165, 1.54) is 13.8 Å². The first-order valence-electron chi connectivity index (χ1n) is 10.7. The first-order valence-corrected chi connectivity index (χ1v) is 11.1. The summed E-state index contributed by atoms with van der Waals surface area (Å²) in [5.41, 5.74) is 1.73. The van der Waals surface area contributed by atoms with Gasteiger partial charge in [0.1, 0.15) is 29.0 Å². The quantitative estimate of drug-likeness (QED) is 0.298. The zero-order valence-electron chi connectivity index (χ0n) is 18.4. The summed E-state index contributed by atoms with van der Waals surface area (Å²) in [6.07, 6.45) is 5.78. The number of halogens is 2. The monoisotopic (exact) mass is 452 g/mol. The van der Waals surface area contributed by atoms with Gasteiger partial charge in [0.05, 0.1) is 10.5 Å². The highest BCUT2D eigenvalue weighted by Gasteiger charge is 2.19. The third-order valence-corrected chi connectivity index (χ3v) is 5.54. The molecule has 2 aromatic carbocycles. The molecular formula is C25H26ClFN4O. The van der Waals surface area contributed by atoms with Gasteiger partial charge in [-0.15, -0.1) is 0 Å². The predicted molar refractivity (Wildman–Crippen MR) is 128 cm³/mol. The Hall–Kier alpha value is -3.12. The SMILES string of the molecule is CCCCn1ccc2ncnc(Nc3ccc(Oc4cccc(C(C)(C)F)c4)c(Cl)c3)c21. The van der Waals surface area contributed by atoms with Crippen molar-refractivity contribution in [2.24, 2.45) is 0 Å². The van der Waals surface area contributed by atoms with Gasteiger partial charge < -0.3 is 14.6 Å². The van der Waals surface area contributed by atoms with Crippen LogP contribution in [-0.4, -0.2) is 14.5 Å². The van der Waals surface area contributed by atoms with E-state index in [-0.39, 0.29) is 0 Å². The van der Waals surface area contributed by atoms with Crippen LogP contribution in [-0.2, 0) is 12.2 Å². The number of anilines is 2. The maximum absolute atomic E-state index is 14.3. The molecule has 0 saturated carbocycles. The van der Waals surface area contributed by atoms with Crippen molar-refractivity contribution in [3.05, 3.63) is 71.6 Å². The van der Waals surface area contributed by atoms with Crippen LogP contribution in [0.5, 0.6) is 11.5 Å². The molecule has 0 fully saturated rings. The molecule has 4 rings (SSSR count). The van der Waals surface area contributed by atoms with E-state index in [1.54, 1.807) is 42.7 Å². The first-order chi connectivity index (χ1) is 15.3. The fourth-order valence-electron chi connectivity index (χ4n) is 3.49. The molecular weight excluding hydrogens is 427 g/mol. The van der Waals surface area contributed by atoms with E-state index in [0.29, 0.717) is 22.1 Å². The predicted octanol–water partition coefficient (Wildman–Crippen LogP) is 7.63. The van der Waals surface area contributed by atoms with E-state index in [4.69, 9.17) is 16.3 Å². The van der Waals surface area contributed by atoms with Crippen LogP contribution >= 0.6 is 11.6 Å². The van der Waals surface area contributed by atoms with Gasteiger partial charge in [0.15, 0.2) is 5.82 Å². The molecule has 0 aliphatic rings. The standard InChI is InChI=1S/C25H26ClFN4O/c1-4-5-12-31-13-11-21-23(31)24(29-16-28-21)30-18-9-10-22(20(26)15-18)32-19-8-6-7-17(14-19)25(2,3)27/h6-11,13-16H,4-5,12H2,1-3H3,(H,28,29,30). The van der Waals surface area contributed by atoms with Gasteiger partial charge in [-0.3, -0.25) is 0 Å². The lowest BCUT2D eigenvalue weighted by Crippen LogP contribution is -2.08. The van der Waals surface area contributed by atoms with Crippen molar-refractivity contribution in [2.45, 2.75) is 45.8 Å². The average molecular weight is 453 g/mol. The molecule has 0 unspecified atom stereocenters. The highest BCUT2D eigenvalue weighted by Crippen LogP contribution is 2.35. The lowest BCUT2D eigenvalue weighted by Gasteiger charge is -2.16. The van der Waals surface area contributed by atoms with E-state index in [2.05, 4.69) is 26.8 Å². The van der Waals surface area contributed by atoms with Gasteiger partial charge in [0.25, 0.3) is 0 Å². The van der Waals surface area contributed by atoms with Gasteiger partial charge in [0.2, 0.25) is 0 Å². The Morgan fingerprint density at radius 1 is 1.12 bits per heavy atom. The first kappa shape index (κ1) is 22.1. The van der Waals surface area contributed by atoms with Gasteiger partial charge >= 0.3 is 0 Å². The summed E-state index contributed by atoms with van der Waals surface area (Å²) in [6.45, 7) is 6.11. The van der Waals surface area contributed by atoms with E-state index < -0.39 is 5.67 Å². The van der Waals surface area contributed by atoms with Crippen molar-refractivity contribution in [1.82, 2.24) is 14.5 Å². The molecule has 0 amide bonds. The minimum absolute atomic E-state index is 0.437. The van der Waals surface area contributed by atoms with Crippen LogP contribution < -0.4 is 10.1 Å². The van der Waals surface area contributed by atoms with E-state index >= 15 is 0 Å². The summed E-state index contributed by atoms with van der Waals surface area (Å²) in [7, 11) is 0. The molecule has 32 heavy (non-hydrogen) atoms. The number of benzene rings is 2. The minimum Gasteiger partial charge on any atom is -0.456 e. The largest absolute Gasteiger partial charge is 0.456 e. The van der Waals surface area contributed by atoms with Gasteiger partial charge in [-0.05, 0) is 62.2 Å². The fourth-order valence-corrected chi connectivity index (χ4v) is 3.71. The molecule has 166 valence electrons. The molecule has 0 spiro atoms. The third-order valence-electron chi connectivity index (χ3n) is 5.25. The Morgan fingerprint density at radius 2 is 1.97 bits per heavy atom. The molecule has 2 aromatic heterocycles. The number of nitrogens with one attached hydrogen (secondary N) is 1. The summed E-state index contributed by atoms with van der Waals surface area (Å²) < 4.78 is 22.3. The third kappa shape index (κ3) is 4.86. The molecule has 1 N–H and O–H groups in total. The lowest BCUT2D eigenvalue weighted by molar-refractivity contribution is 0.221. The number of hydrogen-bond acceptors (Lipinski definition) is 4. The molecule has 5 nitrogen and oxygen atoms in total. The molecule has 0 saturated heterocycles. The van der Waals surface area contributed by atoms with Crippen LogP contribution in [0.2, 0.25) is 5.02 Å². The number of fused-ring (bicyclic) bond motifs is 1. The number of alkyl halides is 1. The molecule has 0 radical (unpaired) electrons. The molecule has 0 bridgehead atoms. The van der Waals surface area contributed by atoms with Gasteiger partial charge in [0, 0.05) is 18.4 Å². The van der Waals surface area contributed by atoms with Crippen molar-refractivity contribution in [1.29, 1.82) is 0 Å². The second-order valence-electron chi connectivity index (χ2n) is 8.19. The molecule has 0 aliphatic heterocycles. The number of unbranched alkanes of at least 4 members (excludes halogenated alkanes) is 1. The Labute approximate surface area is 192 Å². The maximum atomic E-state index is 14.3. The van der Waals surface area contributed by atoms with Crippen LogP contribution in [0.4, 0.5) is 15.9 Å². The second kappa shape index (κ2) is 9.17. The van der Waals surface area contributed by atoms with Crippen LogP contribution in [0.25, 0.3) is 11.0 Å². The Kier molecular flexibility index (Phi) is 6.33. The number of aromatic nitrogens is 3. The zero-order chi connectivity index (χ0) is 22.7. The molecule has 0 aliphatic carbocycles. The normalized spacial score (nSPS) is 11.7. The van der Waals surface area contributed by atoms with E-state index in [1.807, 2.05) is 18.3 Å². The summed E-state index contributed by atoms with van der Waals surface area (Å²) in [5.74, 6) is 1.74. The van der Waals surface area contributed by atoms with Crippen LogP contribution in [0.15, 0.2) is 61.1 Å². The summed E-state index contributed by atoms with van der Waals surface area (Å²) >= 11 is 6.50. The number of nitrogens with zero attached hydrogens (tertiary/aromatic N) is 3. The summed E-state index contributed by atoms with van der Waals surface area (Å²) in [5, 5.41) is 3.79. The minimum atomic E-state index is -1.45. The van der Waals surface area contributed by atoms with Crippen molar-refractivity contribution < 1.29 is 9.13 Å². The van der Waals surface area contributed by atoms with Crippen molar-refractivity contribution >= 4 is 34.1 Å². The van der Waals surface area contributed by atoms with Crippen LogP contribution in [0, 0.1) is 0 Å². The van der Waals surface area contributed by atoms with E-state index in [9.17, 15) is 4.39 Å². The van der Waals surface area contributed by atoms with E-state index in [0.717, 1.165) is 41.9 Å². The van der Waals surface area contributed by atoms with Crippen molar-refractivity contribution in [3.63, 3.8) is 0 Å². The maximum Gasteiger partial charge on any atom is 0.158 e. The second-order valence-corrected chi connectivity index (χ2v) is 8.60. The van der Waals surface area contributed by atoms with Crippen LogP contribution in [0.1, 0.15) is 39.2 Å². The highest BCUT2D eigenvalue weighted by atomic mass is 35.5. The molecule has 7 heteroatoms. The molecule has 2 heterocycles. The molecule has 0 atom stereocenters. The zero-order valence-corrected chi connectivity index (χ0v) is 19.2.